The number of carbonyl (C=O) groups is 1. The van der Waals surface area contributed by atoms with Crippen LogP contribution in [0.2, 0.25) is 0 Å². The van der Waals surface area contributed by atoms with Gasteiger partial charge in [0.2, 0.25) is 0 Å². The van der Waals surface area contributed by atoms with Gasteiger partial charge in [0, 0.05) is 18.4 Å². The first-order chi connectivity index (χ1) is 16.0. The third-order valence-corrected chi connectivity index (χ3v) is 5.91. The van der Waals surface area contributed by atoms with Crippen LogP contribution in [-0.2, 0) is 4.79 Å². The lowest BCUT2D eigenvalue weighted by atomic mass is 9.84. The Balaban J connectivity index is 1.59. The molecule has 2 heterocycles. The van der Waals surface area contributed by atoms with E-state index in [1.165, 1.54) is 17.1 Å². The summed E-state index contributed by atoms with van der Waals surface area (Å²) in [7, 11) is 0. The third-order valence-electron chi connectivity index (χ3n) is 5.91. The number of fused-ring (bicyclic) bond motifs is 1. The molecule has 0 aliphatic carbocycles. The molecular formula is C26H18F2N4O. The Bertz CT molecular complexity index is 1330. The van der Waals surface area contributed by atoms with Crippen LogP contribution >= 0.6 is 0 Å². The average Bonchev–Trinajstić information content (AvgIpc) is 2.84. The second-order valence-corrected chi connectivity index (χ2v) is 7.97. The van der Waals surface area contributed by atoms with Crippen molar-refractivity contribution in [3.05, 3.63) is 107 Å². The number of hydrogen-bond donors (Lipinski definition) is 0. The Morgan fingerprint density at radius 2 is 1.73 bits per heavy atom. The summed E-state index contributed by atoms with van der Waals surface area (Å²) in [6, 6.07) is 21.7. The lowest BCUT2D eigenvalue weighted by Crippen LogP contribution is -2.46. The molecule has 2 atom stereocenters. The predicted octanol–water partition coefficient (Wildman–Crippen LogP) is 4.78. The van der Waals surface area contributed by atoms with Crippen molar-refractivity contribution in [3.8, 4) is 6.07 Å². The first-order valence-electron chi connectivity index (χ1n) is 10.5. The molecule has 2 unspecified atom stereocenters. The standard InChI is InChI=1S/C26H18F2N4O/c27-19-10-11-20(22(28)12-19)21-13-24-30-23(17-8-6-16(15-29)7-9-17)14-25(33)32(24)31-26(21)18-4-2-1-3-5-18/h1-12,21,24H,13-14H2. The van der Waals surface area contributed by atoms with E-state index >= 15 is 0 Å². The molecule has 0 saturated carbocycles. The van der Waals surface area contributed by atoms with Gasteiger partial charge in [0.15, 0.2) is 0 Å². The fourth-order valence-electron chi connectivity index (χ4n) is 4.29. The molecular weight excluding hydrogens is 422 g/mol. The van der Waals surface area contributed by atoms with Crippen LogP contribution in [0.1, 0.15) is 41.0 Å². The molecule has 7 heteroatoms. The molecule has 2 aliphatic rings. The van der Waals surface area contributed by atoms with Crippen molar-refractivity contribution in [2.45, 2.75) is 24.9 Å². The Morgan fingerprint density at radius 3 is 2.42 bits per heavy atom. The highest BCUT2D eigenvalue weighted by atomic mass is 19.1. The Morgan fingerprint density at radius 1 is 0.970 bits per heavy atom. The van der Waals surface area contributed by atoms with Crippen LogP contribution in [0.25, 0.3) is 0 Å². The summed E-state index contributed by atoms with van der Waals surface area (Å²) < 4.78 is 28.4. The molecule has 0 spiro atoms. The summed E-state index contributed by atoms with van der Waals surface area (Å²) in [5.74, 6) is -2.02. The van der Waals surface area contributed by atoms with Crippen LogP contribution in [0.5, 0.6) is 0 Å². The third kappa shape index (κ3) is 3.92. The molecule has 162 valence electrons. The van der Waals surface area contributed by atoms with Gasteiger partial charge in [-0.05, 0) is 34.9 Å². The minimum absolute atomic E-state index is 0.0730. The molecule has 0 N–H and O–H groups in total. The molecule has 3 aromatic carbocycles. The van der Waals surface area contributed by atoms with Gasteiger partial charge in [0.05, 0.1) is 29.5 Å². The van der Waals surface area contributed by atoms with E-state index < -0.39 is 23.7 Å². The number of nitriles is 1. The molecule has 0 fully saturated rings. The van der Waals surface area contributed by atoms with E-state index in [2.05, 4.69) is 11.2 Å². The second kappa shape index (κ2) is 8.40. The van der Waals surface area contributed by atoms with Gasteiger partial charge in [-0.15, -0.1) is 0 Å². The SMILES string of the molecule is N#Cc1ccc(C2=NC3CC(c4ccc(F)cc4F)C(c4ccccc4)=NN3C(=O)C2)cc1. The molecule has 0 aromatic heterocycles. The summed E-state index contributed by atoms with van der Waals surface area (Å²) >= 11 is 0. The van der Waals surface area contributed by atoms with Crippen molar-refractivity contribution < 1.29 is 13.6 Å². The van der Waals surface area contributed by atoms with Crippen molar-refractivity contribution >= 4 is 17.3 Å². The van der Waals surface area contributed by atoms with Gasteiger partial charge in [-0.3, -0.25) is 9.79 Å². The minimum atomic E-state index is -0.657. The van der Waals surface area contributed by atoms with Crippen molar-refractivity contribution in [2.24, 2.45) is 10.1 Å². The monoisotopic (exact) mass is 440 g/mol. The first kappa shape index (κ1) is 20.7. The maximum Gasteiger partial charge on any atom is 0.250 e. The van der Waals surface area contributed by atoms with Crippen LogP contribution in [0.4, 0.5) is 8.78 Å². The normalized spacial score (nSPS) is 19.9. The fraction of sp³-hybridized carbons (Fsp3) is 0.154. The van der Waals surface area contributed by atoms with Gasteiger partial charge in [-0.2, -0.15) is 10.4 Å². The van der Waals surface area contributed by atoms with Gasteiger partial charge >= 0.3 is 0 Å². The number of hydrazone groups is 1. The molecule has 33 heavy (non-hydrogen) atoms. The highest BCUT2D eigenvalue weighted by molar-refractivity contribution is 6.13. The zero-order chi connectivity index (χ0) is 22.9. The van der Waals surface area contributed by atoms with Crippen molar-refractivity contribution in [2.75, 3.05) is 0 Å². The topological polar surface area (TPSA) is 68.8 Å². The van der Waals surface area contributed by atoms with Crippen LogP contribution in [0, 0.1) is 23.0 Å². The van der Waals surface area contributed by atoms with Crippen LogP contribution in [-0.4, -0.2) is 28.5 Å². The van der Waals surface area contributed by atoms with Crippen LogP contribution < -0.4 is 0 Å². The van der Waals surface area contributed by atoms with Gasteiger partial charge in [0.25, 0.3) is 5.91 Å². The maximum atomic E-state index is 14.8. The zero-order valence-electron chi connectivity index (χ0n) is 17.5. The number of nitrogens with zero attached hydrogens (tertiary/aromatic N) is 4. The summed E-state index contributed by atoms with van der Waals surface area (Å²) in [6.07, 6.45) is -0.232. The first-order valence-corrected chi connectivity index (χ1v) is 10.5. The second-order valence-electron chi connectivity index (χ2n) is 7.97. The molecule has 0 bridgehead atoms. The molecule has 1 amide bonds. The molecule has 3 aromatic rings. The fourth-order valence-corrected chi connectivity index (χ4v) is 4.29. The molecule has 5 nitrogen and oxygen atoms in total. The summed E-state index contributed by atoms with van der Waals surface area (Å²) in [6.45, 7) is 0. The minimum Gasteiger partial charge on any atom is -0.272 e. The van der Waals surface area contributed by atoms with E-state index in [-0.39, 0.29) is 12.3 Å². The number of amides is 1. The summed E-state index contributed by atoms with van der Waals surface area (Å²) in [4.78, 5) is 17.8. The van der Waals surface area contributed by atoms with Gasteiger partial charge < -0.3 is 0 Å². The van der Waals surface area contributed by atoms with Gasteiger partial charge in [-0.25, -0.2) is 13.8 Å². The number of benzene rings is 3. The largest absolute Gasteiger partial charge is 0.272 e. The van der Waals surface area contributed by atoms with E-state index in [9.17, 15) is 13.6 Å². The lowest BCUT2D eigenvalue weighted by molar-refractivity contribution is -0.133. The number of aliphatic imine (C=N–C) groups is 1. The van der Waals surface area contributed by atoms with Crippen molar-refractivity contribution in [1.82, 2.24) is 5.01 Å². The predicted molar refractivity (Wildman–Crippen MR) is 120 cm³/mol. The Hall–Kier alpha value is -4.18. The van der Waals surface area contributed by atoms with E-state index in [4.69, 9.17) is 10.3 Å². The smallest absolute Gasteiger partial charge is 0.250 e. The maximum absolute atomic E-state index is 14.8. The Kier molecular flexibility index (Phi) is 5.27. The molecule has 5 rings (SSSR count). The average molecular weight is 440 g/mol. The summed E-state index contributed by atoms with van der Waals surface area (Å²) in [5, 5.41) is 15.0. The highest BCUT2D eigenvalue weighted by Gasteiger charge is 2.39. The number of carbonyl (C=O) groups excluding carboxylic acids is 1. The zero-order valence-corrected chi connectivity index (χ0v) is 17.5. The van der Waals surface area contributed by atoms with E-state index in [1.54, 1.807) is 24.3 Å². The summed E-state index contributed by atoms with van der Waals surface area (Å²) in [5.41, 5.74) is 3.49. The van der Waals surface area contributed by atoms with Crippen molar-refractivity contribution in [1.29, 1.82) is 5.26 Å². The number of hydrogen-bond acceptors (Lipinski definition) is 4. The number of halogens is 2. The van der Waals surface area contributed by atoms with Crippen molar-refractivity contribution in [3.63, 3.8) is 0 Å². The lowest BCUT2D eigenvalue weighted by Gasteiger charge is -2.37. The van der Waals surface area contributed by atoms with Gasteiger partial charge in [0.1, 0.15) is 17.8 Å². The molecule has 2 aliphatic heterocycles. The Labute approximate surface area is 189 Å². The van der Waals surface area contributed by atoms with E-state index in [1.807, 2.05) is 30.3 Å². The highest BCUT2D eigenvalue weighted by Crippen LogP contribution is 2.36. The van der Waals surface area contributed by atoms with Crippen LogP contribution in [0.3, 0.4) is 0 Å². The van der Waals surface area contributed by atoms with Gasteiger partial charge in [-0.1, -0.05) is 48.5 Å². The van der Waals surface area contributed by atoms with E-state index in [0.29, 0.717) is 29.0 Å². The quantitative estimate of drug-likeness (QED) is 0.588. The molecule has 0 radical (unpaired) electrons. The van der Waals surface area contributed by atoms with Crippen LogP contribution in [0.15, 0.2) is 82.9 Å². The van der Waals surface area contributed by atoms with E-state index in [0.717, 1.165) is 17.2 Å². The molecule has 0 saturated heterocycles. The number of rotatable bonds is 3.